The standard InChI is InChI=1S/C16H12N4O3S/c17-15(21)11-3-6-13(14(9-11)20(22)23)19-12-4-1-10(2-5-12)16-18-7-8-24-16/h1-9,19H,(H2,17,21). The summed E-state index contributed by atoms with van der Waals surface area (Å²) in [6, 6.07) is 11.4. The molecule has 3 aromatic rings. The van der Waals surface area contributed by atoms with Gasteiger partial charge < -0.3 is 11.1 Å². The van der Waals surface area contributed by atoms with Crippen LogP contribution in [0.1, 0.15) is 10.4 Å². The number of nitro groups is 1. The first kappa shape index (κ1) is 15.6. The molecule has 0 aliphatic rings. The van der Waals surface area contributed by atoms with E-state index in [1.54, 1.807) is 6.20 Å². The highest BCUT2D eigenvalue weighted by Crippen LogP contribution is 2.30. The molecule has 0 saturated heterocycles. The second-order valence-electron chi connectivity index (χ2n) is 4.89. The average molecular weight is 340 g/mol. The number of thiazole rings is 1. The van der Waals surface area contributed by atoms with E-state index < -0.39 is 10.8 Å². The maximum atomic E-state index is 11.2. The number of primary amides is 1. The third-order valence-electron chi connectivity index (χ3n) is 3.32. The molecule has 0 bridgehead atoms. The number of amides is 1. The molecule has 7 nitrogen and oxygen atoms in total. The number of anilines is 2. The summed E-state index contributed by atoms with van der Waals surface area (Å²) in [5.74, 6) is -0.711. The second-order valence-corrected chi connectivity index (χ2v) is 5.79. The summed E-state index contributed by atoms with van der Waals surface area (Å²) in [6.07, 6.45) is 1.73. The first-order valence-electron chi connectivity index (χ1n) is 6.90. The number of hydrogen-bond donors (Lipinski definition) is 2. The Morgan fingerprint density at radius 2 is 1.96 bits per heavy atom. The highest BCUT2D eigenvalue weighted by Gasteiger charge is 2.16. The van der Waals surface area contributed by atoms with Gasteiger partial charge in [0.05, 0.1) is 4.92 Å². The van der Waals surface area contributed by atoms with E-state index in [0.717, 1.165) is 16.6 Å². The molecule has 0 unspecified atom stereocenters. The van der Waals surface area contributed by atoms with Crippen molar-refractivity contribution in [3.8, 4) is 10.6 Å². The third kappa shape index (κ3) is 3.23. The van der Waals surface area contributed by atoms with E-state index in [0.29, 0.717) is 5.69 Å². The highest BCUT2D eigenvalue weighted by atomic mass is 32.1. The van der Waals surface area contributed by atoms with E-state index in [9.17, 15) is 14.9 Å². The van der Waals surface area contributed by atoms with Crippen molar-refractivity contribution >= 4 is 34.3 Å². The van der Waals surface area contributed by atoms with E-state index >= 15 is 0 Å². The van der Waals surface area contributed by atoms with Crippen molar-refractivity contribution in [2.24, 2.45) is 5.73 Å². The van der Waals surface area contributed by atoms with Crippen LogP contribution in [0.3, 0.4) is 0 Å². The van der Waals surface area contributed by atoms with Gasteiger partial charge in [0.15, 0.2) is 0 Å². The minimum Gasteiger partial charge on any atom is -0.366 e. The molecule has 1 amide bonds. The summed E-state index contributed by atoms with van der Waals surface area (Å²) in [5, 5.41) is 17.0. The fourth-order valence-corrected chi connectivity index (χ4v) is 2.80. The van der Waals surface area contributed by atoms with Crippen molar-refractivity contribution in [3.63, 3.8) is 0 Å². The lowest BCUT2D eigenvalue weighted by Crippen LogP contribution is -2.11. The number of nitrogens with one attached hydrogen (secondary N) is 1. The topological polar surface area (TPSA) is 111 Å². The number of hydrogen-bond acceptors (Lipinski definition) is 6. The normalized spacial score (nSPS) is 10.3. The Labute approximate surface area is 140 Å². The zero-order valence-corrected chi connectivity index (χ0v) is 13.1. The Morgan fingerprint density at radius 3 is 2.54 bits per heavy atom. The van der Waals surface area contributed by atoms with Crippen LogP contribution in [0.5, 0.6) is 0 Å². The van der Waals surface area contributed by atoms with Crippen molar-refractivity contribution in [2.75, 3.05) is 5.32 Å². The number of carbonyl (C=O) groups is 1. The Bertz CT molecular complexity index is 892. The van der Waals surface area contributed by atoms with E-state index in [2.05, 4.69) is 10.3 Å². The average Bonchev–Trinajstić information content (AvgIpc) is 3.10. The second kappa shape index (κ2) is 6.47. The van der Waals surface area contributed by atoms with E-state index in [4.69, 9.17) is 5.73 Å². The maximum Gasteiger partial charge on any atom is 0.293 e. The summed E-state index contributed by atoms with van der Waals surface area (Å²) < 4.78 is 0. The molecular formula is C16H12N4O3S. The van der Waals surface area contributed by atoms with Gasteiger partial charge >= 0.3 is 0 Å². The third-order valence-corrected chi connectivity index (χ3v) is 4.14. The number of carbonyl (C=O) groups excluding carboxylic acids is 1. The molecule has 0 aliphatic carbocycles. The lowest BCUT2D eigenvalue weighted by atomic mass is 10.1. The van der Waals surface area contributed by atoms with Crippen molar-refractivity contribution in [1.29, 1.82) is 0 Å². The number of nitro benzene ring substituents is 1. The van der Waals surface area contributed by atoms with Gasteiger partial charge in [-0.1, -0.05) is 0 Å². The fraction of sp³-hybridized carbons (Fsp3) is 0. The zero-order valence-electron chi connectivity index (χ0n) is 12.3. The summed E-state index contributed by atoms with van der Waals surface area (Å²) >= 11 is 1.53. The minimum atomic E-state index is -0.711. The number of nitrogens with two attached hydrogens (primary N) is 1. The molecule has 2 aromatic carbocycles. The van der Waals surface area contributed by atoms with E-state index in [-0.39, 0.29) is 16.9 Å². The van der Waals surface area contributed by atoms with Gasteiger partial charge in [0, 0.05) is 34.5 Å². The van der Waals surface area contributed by atoms with E-state index in [1.165, 1.54) is 23.5 Å². The Kier molecular flexibility index (Phi) is 4.21. The van der Waals surface area contributed by atoms with Crippen LogP contribution in [0.15, 0.2) is 54.0 Å². The van der Waals surface area contributed by atoms with Crippen LogP contribution < -0.4 is 11.1 Å². The van der Waals surface area contributed by atoms with Crippen molar-refractivity contribution in [3.05, 3.63) is 69.7 Å². The summed E-state index contributed by atoms with van der Waals surface area (Å²) in [6.45, 7) is 0. The Balaban J connectivity index is 1.88. The smallest absolute Gasteiger partial charge is 0.293 e. The highest BCUT2D eigenvalue weighted by molar-refractivity contribution is 7.13. The van der Waals surface area contributed by atoms with Gasteiger partial charge in [-0.15, -0.1) is 11.3 Å². The monoisotopic (exact) mass is 340 g/mol. The number of rotatable bonds is 5. The number of nitrogens with zero attached hydrogens (tertiary/aromatic N) is 2. The Hall–Kier alpha value is -3.26. The molecule has 3 rings (SSSR count). The molecule has 120 valence electrons. The molecule has 0 radical (unpaired) electrons. The van der Waals surface area contributed by atoms with Crippen LogP contribution in [0, 0.1) is 10.1 Å². The predicted molar refractivity (Wildman–Crippen MR) is 92.4 cm³/mol. The van der Waals surface area contributed by atoms with E-state index in [1.807, 2.05) is 29.6 Å². The lowest BCUT2D eigenvalue weighted by molar-refractivity contribution is -0.383. The van der Waals surface area contributed by atoms with Crippen molar-refractivity contribution < 1.29 is 9.72 Å². The summed E-state index contributed by atoms with van der Waals surface area (Å²) in [5.41, 5.74) is 6.97. The summed E-state index contributed by atoms with van der Waals surface area (Å²) in [7, 11) is 0. The SMILES string of the molecule is NC(=O)c1ccc(Nc2ccc(-c3nccs3)cc2)c([N+](=O)[O-])c1. The van der Waals surface area contributed by atoms with Crippen molar-refractivity contribution in [1.82, 2.24) is 4.98 Å². The van der Waals surface area contributed by atoms with Crippen LogP contribution in [-0.2, 0) is 0 Å². The molecule has 8 heteroatoms. The van der Waals surface area contributed by atoms with Gasteiger partial charge in [0.25, 0.3) is 5.69 Å². The van der Waals surface area contributed by atoms with Gasteiger partial charge in [-0.3, -0.25) is 14.9 Å². The minimum absolute atomic E-state index is 0.0892. The molecule has 0 atom stereocenters. The van der Waals surface area contributed by atoms with Gasteiger partial charge in [-0.05, 0) is 36.4 Å². The molecule has 1 heterocycles. The molecule has 0 aliphatic heterocycles. The van der Waals surface area contributed by atoms with Crippen molar-refractivity contribution in [2.45, 2.75) is 0 Å². The lowest BCUT2D eigenvalue weighted by Gasteiger charge is -2.08. The molecule has 0 saturated carbocycles. The molecular weight excluding hydrogens is 328 g/mol. The van der Waals surface area contributed by atoms with Crippen LogP contribution in [0.25, 0.3) is 10.6 Å². The van der Waals surface area contributed by atoms with Gasteiger partial charge in [0.1, 0.15) is 10.7 Å². The maximum absolute atomic E-state index is 11.2. The first-order chi connectivity index (χ1) is 11.5. The Morgan fingerprint density at radius 1 is 1.21 bits per heavy atom. The fourth-order valence-electron chi connectivity index (χ4n) is 2.16. The van der Waals surface area contributed by atoms with Gasteiger partial charge in [-0.2, -0.15) is 0 Å². The van der Waals surface area contributed by atoms with Crippen LogP contribution in [-0.4, -0.2) is 15.8 Å². The molecule has 0 spiro atoms. The summed E-state index contributed by atoms with van der Waals surface area (Å²) in [4.78, 5) is 26.0. The number of aromatic nitrogens is 1. The zero-order chi connectivity index (χ0) is 17.1. The van der Waals surface area contributed by atoms with Crippen LogP contribution >= 0.6 is 11.3 Å². The van der Waals surface area contributed by atoms with Crippen LogP contribution in [0.4, 0.5) is 17.1 Å². The largest absolute Gasteiger partial charge is 0.366 e. The molecule has 3 N–H and O–H groups in total. The molecule has 1 aromatic heterocycles. The first-order valence-corrected chi connectivity index (χ1v) is 7.78. The quantitative estimate of drug-likeness (QED) is 0.545. The predicted octanol–water partition coefficient (Wildman–Crippen LogP) is 3.56. The molecule has 24 heavy (non-hydrogen) atoms. The van der Waals surface area contributed by atoms with Crippen LogP contribution in [0.2, 0.25) is 0 Å². The number of benzene rings is 2. The molecule has 0 fully saturated rings. The van der Waals surface area contributed by atoms with Gasteiger partial charge in [0.2, 0.25) is 5.91 Å². The van der Waals surface area contributed by atoms with Gasteiger partial charge in [-0.25, -0.2) is 4.98 Å².